The topological polar surface area (TPSA) is 54.4 Å². The van der Waals surface area contributed by atoms with Gasteiger partial charge in [0.2, 0.25) is 0 Å². The molecule has 0 saturated carbocycles. The van der Waals surface area contributed by atoms with Gasteiger partial charge in [-0.15, -0.1) is 0 Å². The Hall–Kier alpha value is -1.12. The number of allylic oxidation sites excluding steroid dienone is 1. The van der Waals surface area contributed by atoms with Crippen molar-refractivity contribution in [3.63, 3.8) is 0 Å². The van der Waals surface area contributed by atoms with E-state index >= 15 is 0 Å². The van der Waals surface area contributed by atoms with E-state index in [1.807, 2.05) is 0 Å². The Kier molecular flexibility index (Phi) is 9.40. The van der Waals surface area contributed by atoms with Crippen LogP contribution in [0.1, 0.15) is 65.2 Å². The molecule has 0 aliphatic heterocycles. The molecule has 17 heavy (non-hydrogen) atoms. The van der Waals surface area contributed by atoms with Gasteiger partial charge in [-0.25, -0.2) is 4.79 Å². The van der Waals surface area contributed by atoms with E-state index in [1.54, 1.807) is 0 Å². The van der Waals surface area contributed by atoms with Gasteiger partial charge in [0, 0.05) is 12.0 Å². The summed E-state index contributed by atoms with van der Waals surface area (Å²) in [5, 5.41) is 8.60. The molecule has 0 bridgehead atoms. The summed E-state index contributed by atoms with van der Waals surface area (Å²) in [6.45, 7) is 3.64. The molecule has 3 heteroatoms. The van der Waals surface area contributed by atoms with Crippen molar-refractivity contribution in [2.24, 2.45) is 0 Å². The monoisotopic (exact) mass is 240 g/mol. The summed E-state index contributed by atoms with van der Waals surface area (Å²) < 4.78 is 0. The molecule has 0 atom stereocenters. The van der Waals surface area contributed by atoms with Crippen LogP contribution in [0.3, 0.4) is 0 Å². The molecule has 0 heterocycles. The Morgan fingerprint density at radius 3 is 2.06 bits per heavy atom. The van der Waals surface area contributed by atoms with Gasteiger partial charge in [0.15, 0.2) is 5.78 Å². The van der Waals surface area contributed by atoms with Crippen molar-refractivity contribution >= 4 is 11.8 Å². The Morgan fingerprint density at radius 2 is 1.53 bits per heavy atom. The van der Waals surface area contributed by atoms with Gasteiger partial charge >= 0.3 is 5.97 Å². The van der Waals surface area contributed by atoms with Crippen molar-refractivity contribution in [2.45, 2.75) is 65.2 Å². The molecule has 0 aliphatic carbocycles. The number of ketones is 1. The maximum atomic E-state index is 11.4. The van der Waals surface area contributed by atoms with Crippen LogP contribution >= 0.6 is 0 Å². The van der Waals surface area contributed by atoms with Crippen molar-refractivity contribution in [1.82, 2.24) is 0 Å². The standard InChI is InChI=1S/C14H24O3/c1-3-4-5-6-7-8-9-10-13(15)11-12(2)14(16)17/h11H,3-10H2,1-2H3,(H,16,17). The van der Waals surface area contributed by atoms with Gasteiger partial charge in [0.25, 0.3) is 0 Å². The summed E-state index contributed by atoms with van der Waals surface area (Å²) in [4.78, 5) is 21.8. The number of carboxylic acid groups (broad SMARTS) is 1. The summed E-state index contributed by atoms with van der Waals surface area (Å²) in [5.74, 6) is -1.09. The SMILES string of the molecule is CCCCCCCCCC(=O)C=C(C)C(=O)O. The molecule has 0 rings (SSSR count). The first-order valence-corrected chi connectivity index (χ1v) is 6.52. The van der Waals surface area contributed by atoms with Crippen LogP contribution < -0.4 is 0 Å². The van der Waals surface area contributed by atoms with Crippen LogP contribution in [0.25, 0.3) is 0 Å². The molecule has 0 aromatic carbocycles. The third-order valence-corrected chi connectivity index (χ3v) is 2.74. The first kappa shape index (κ1) is 15.9. The molecule has 0 aromatic heterocycles. The lowest BCUT2D eigenvalue weighted by atomic mass is 10.1. The second kappa shape index (κ2) is 10.1. The van der Waals surface area contributed by atoms with Crippen molar-refractivity contribution in [2.75, 3.05) is 0 Å². The van der Waals surface area contributed by atoms with E-state index in [9.17, 15) is 9.59 Å². The van der Waals surface area contributed by atoms with Gasteiger partial charge in [-0.05, 0) is 19.4 Å². The second-order valence-corrected chi connectivity index (χ2v) is 4.47. The molecule has 3 nitrogen and oxygen atoms in total. The molecule has 0 saturated heterocycles. The van der Waals surface area contributed by atoms with Gasteiger partial charge in [0.1, 0.15) is 0 Å². The minimum Gasteiger partial charge on any atom is -0.478 e. The van der Waals surface area contributed by atoms with Crippen molar-refractivity contribution in [3.8, 4) is 0 Å². The number of aliphatic carboxylic acids is 1. The minimum atomic E-state index is -1.02. The third kappa shape index (κ3) is 9.79. The van der Waals surface area contributed by atoms with Crippen LogP contribution in [0.15, 0.2) is 11.6 Å². The number of carbonyl (C=O) groups excluding carboxylic acids is 1. The predicted octanol–water partition coefficient (Wildman–Crippen LogP) is 3.73. The molecule has 0 aromatic rings. The number of hydrogen-bond acceptors (Lipinski definition) is 2. The number of carboxylic acids is 1. The molecular weight excluding hydrogens is 216 g/mol. The van der Waals surface area contributed by atoms with E-state index in [4.69, 9.17) is 5.11 Å². The largest absolute Gasteiger partial charge is 0.478 e. The zero-order valence-corrected chi connectivity index (χ0v) is 11.0. The van der Waals surface area contributed by atoms with Gasteiger partial charge in [0.05, 0.1) is 0 Å². The lowest BCUT2D eigenvalue weighted by Crippen LogP contribution is -2.01. The first-order chi connectivity index (χ1) is 8.07. The van der Waals surface area contributed by atoms with Crippen molar-refractivity contribution < 1.29 is 14.7 Å². The number of unbranched alkanes of at least 4 members (excludes halogenated alkanes) is 6. The molecule has 0 unspecified atom stereocenters. The van der Waals surface area contributed by atoms with Gasteiger partial charge in [-0.1, -0.05) is 45.4 Å². The molecule has 0 spiro atoms. The smallest absolute Gasteiger partial charge is 0.331 e. The average Bonchev–Trinajstić information content (AvgIpc) is 2.27. The second-order valence-electron chi connectivity index (χ2n) is 4.47. The van der Waals surface area contributed by atoms with Gasteiger partial charge in [-0.2, -0.15) is 0 Å². The molecule has 0 radical (unpaired) electrons. The Balaban J connectivity index is 3.52. The van der Waals surface area contributed by atoms with E-state index in [-0.39, 0.29) is 11.4 Å². The number of carbonyl (C=O) groups is 2. The Morgan fingerprint density at radius 1 is 1.00 bits per heavy atom. The maximum Gasteiger partial charge on any atom is 0.331 e. The van der Waals surface area contributed by atoms with Crippen LogP contribution in [0.5, 0.6) is 0 Å². The normalized spacial score (nSPS) is 11.5. The highest BCUT2D eigenvalue weighted by Gasteiger charge is 2.03. The van der Waals surface area contributed by atoms with E-state index in [0.29, 0.717) is 6.42 Å². The van der Waals surface area contributed by atoms with Crippen LogP contribution in [-0.2, 0) is 9.59 Å². The third-order valence-electron chi connectivity index (χ3n) is 2.74. The summed E-state index contributed by atoms with van der Waals surface area (Å²) in [5.41, 5.74) is 0.123. The number of rotatable bonds is 10. The fourth-order valence-electron chi connectivity index (χ4n) is 1.63. The summed E-state index contributed by atoms with van der Waals surface area (Å²) >= 11 is 0. The zero-order valence-electron chi connectivity index (χ0n) is 11.0. The summed E-state index contributed by atoms with van der Waals surface area (Å²) in [7, 11) is 0. The average molecular weight is 240 g/mol. The predicted molar refractivity (Wildman–Crippen MR) is 69.0 cm³/mol. The summed E-state index contributed by atoms with van der Waals surface area (Å²) in [6, 6.07) is 0. The molecule has 98 valence electrons. The van der Waals surface area contributed by atoms with Gasteiger partial charge in [-0.3, -0.25) is 4.79 Å². The fraction of sp³-hybridized carbons (Fsp3) is 0.714. The lowest BCUT2D eigenvalue weighted by Gasteiger charge is -2.00. The van der Waals surface area contributed by atoms with Crippen LogP contribution in [0.4, 0.5) is 0 Å². The molecular formula is C14H24O3. The quantitative estimate of drug-likeness (QED) is 0.467. The molecule has 0 aliphatic rings. The van der Waals surface area contributed by atoms with E-state index in [2.05, 4.69) is 6.92 Å². The lowest BCUT2D eigenvalue weighted by molar-refractivity contribution is -0.132. The number of hydrogen-bond donors (Lipinski definition) is 1. The highest BCUT2D eigenvalue weighted by atomic mass is 16.4. The Bertz CT molecular complexity index is 267. The highest BCUT2D eigenvalue weighted by Crippen LogP contribution is 2.09. The van der Waals surface area contributed by atoms with Crippen LogP contribution in [0.2, 0.25) is 0 Å². The van der Waals surface area contributed by atoms with E-state index in [1.165, 1.54) is 45.1 Å². The highest BCUT2D eigenvalue weighted by molar-refractivity contribution is 5.98. The van der Waals surface area contributed by atoms with E-state index in [0.717, 1.165) is 12.8 Å². The minimum absolute atomic E-state index is 0.0709. The van der Waals surface area contributed by atoms with Gasteiger partial charge < -0.3 is 5.11 Å². The molecule has 0 fully saturated rings. The van der Waals surface area contributed by atoms with Crippen molar-refractivity contribution in [1.29, 1.82) is 0 Å². The Labute approximate surface area is 104 Å². The van der Waals surface area contributed by atoms with Crippen LogP contribution in [-0.4, -0.2) is 16.9 Å². The van der Waals surface area contributed by atoms with Crippen molar-refractivity contribution in [3.05, 3.63) is 11.6 Å². The zero-order chi connectivity index (χ0) is 13.1. The van der Waals surface area contributed by atoms with E-state index < -0.39 is 5.97 Å². The molecule has 0 amide bonds. The fourth-order valence-corrected chi connectivity index (χ4v) is 1.63. The molecule has 1 N–H and O–H groups in total. The summed E-state index contributed by atoms with van der Waals surface area (Å²) in [6.07, 6.45) is 9.88. The maximum absolute atomic E-state index is 11.4. The van der Waals surface area contributed by atoms with Crippen LogP contribution in [0, 0.1) is 0 Å². The first-order valence-electron chi connectivity index (χ1n) is 6.52.